The Kier molecular flexibility index (Phi) is 3.52. The molecule has 0 aliphatic rings. The molecule has 0 bridgehead atoms. The highest BCUT2D eigenvalue weighted by Crippen LogP contribution is 2.13. The SMILES string of the molecule is COc1cccc(CC(=O)N=[N+]=[N-])c1. The van der Waals surface area contributed by atoms with Crippen LogP contribution in [-0.4, -0.2) is 13.0 Å². The Balaban J connectivity index is 2.76. The molecule has 0 saturated carbocycles. The molecule has 0 fully saturated rings. The molecule has 0 aliphatic carbocycles. The third kappa shape index (κ3) is 2.80. The van der Waals surface area contributed by atoms with Gasteiger partial charge in [0.1, 0.15) is 5.75 Å². The van der Waals surface area contributed by atoms with Gasteiger partial charge < -0.3 is 4.74 Å². The van der Waals surface area contributed by atoms with Crippen LogP contribution in [0.25, 0.3) is 10.4 Å². The Labute approximate surface area is 80.9 Å². The molecule has 0 aromatic heterocycles. The summed E-state index contributed by atoms with van der Waals surface area (Å²) in [6.07, 6.45) is 0.0985. The summed E-state index contributed by atoms with van der Waals surface area (Å²) in [7, 11) is 1.55. The number of carbonyl (C=O) groups excluding carboxylic acids is 1. The fourth-order valence-electron chi connectivity index (χ4n) is 1.04. The van der Waals surface area contributed by atoms with Crippen molar-refractivity contribution in [2.75, 3.05) is 7.11 Å². The molecular formula is C9H9N3O2. The summed E-state index contributed by atoms with van der Waals surface area (Å²) in [6, 6.07) is 7.05. The molecule has 1 aromatic rings. The van der Waals surface area contributed by atoms with E-state index < -0.39 is 5.91 Å². The van der Waals surface area contributed by atoms with Gasteiger partial charge in [-0.15, -0.1) is 0 Å². The minimum Gasteiger partial charge on any atom is -0.497 e. The zero-order valence-electron chi connectivity index (χ0n) is 7.67. The van der Waals surface area contributed by atoms with Crippen molar-refractivity contribution in [1.82, 2.24) is 0 Å². The van der Waals surface area contributed by atoms with Gasteiger partial charge in [0, 0.05) is 11.3 Å². The number of rotatable bonds is 3. The normalized spacial score (nSPS) is 8.93. The summed E-state index contributed by atoms with van der Waals surface area (Å²) in [5.74, 6) is 0.178. The van der Waals surface area contributed by atoms with E-state index in [4.69, 9.17) is 10.3 Å². The molecule has 1 amide bonds. The van der Waals surface area contributed by atoms with Crippen molar-refractivity contribution in [1.29, 1.82) is 0 Å². The quantitative estimate of drug-likeness (QED) is 0.416. The van der Waals surface area contributed by atoms with E-state index in [-0.39, 0.29) is 6.42 Å². The summed E-state index contributed by atoms with van der Waals surface area (Å²) in [6.45, 7) is 0. The average molecular weight is 191 g/mol. The number of nitrogens with zero attached hydrogens (tertiary/aromatic N) is 3. The van der Waals surface area contributed by atoms with Gasteiger partial charge in [-0.25, -0.2) is 0 Å². The Morgan fingerprint density at radius 2 is 2.43 bits per heavy atom. The maximum Gasteiger partial charge on any atom is 0.223 e. The van der Waals surface area contributed by atoms with Gasteiger partial charge in [0.05, 0.1) is 7.11 Å². The highest BCUT2D eigenvalue weighted by molar-refractivity contribution is 5.79. The Morgan fingerprint density at radius 1 is 1.64 bits per heavy atom. The third-order valence-corrected chi connectivity index (χ3v) is 1.65. The lowest BCUT2D eigenvalue weighted by atomic mass is 10.1. The first-order chi connectivity index (χ1) is 6.76. The topological polar surface area (TPSA) is 75.1 Å². The van der Waals surface area contributed by atoms with Crippen LogP contribution in [0.15, 0.2) is 29.4 Å². The molecule has 0 atom stereocenters. The molecule has 0 radical (unpaired) electrons. The molecule has 0 saturated heterocycles. The number of azide groups is 1. The van der Waals surface area contributed by atoms with Crippen molar-refractivity contribution in [2.24, 2.45) is 5.11 Å². The van der Waals surface area contributed by atoms with Gasteiger partial charge in [0.25, 0.3) is 0 Å². The summed E-state index contributed by atoms with van der Waals surface area (Å²) in [5, 5.41) is 2.98. The molecule has 5 nitrogen and oxygen atoms in total. The van der Waals surface area contributed by atoms with Crippen molar-refractivity contribution in [2.45, 2.75) is 6.42 Å². The maximum atomic E-state index is 11.0. The Bertz CT molecular complexity index is 383. The van der Waals surface area contributed by atoms with Crippen LogP contribution in [0.2, 0.25) is 0 Å². The average Bonchev–Trinajstić information content (AvgIpc) is 2.18. The lowest BCUT2D eigenvalue weighted by molar-refractivity contribution is -0.117. The van der Waals surface area contributed by atoms with Gasteiger partial charge in [0.2, 0.25) is 5.91 Å². The third-order valence-electron chi connectivity index (χ3n) is 1.65. The highest BCUT2D eigenvalue weighted by Gasteiger charge is 2.01. The monoisotopic (exact) mass is 191 g/mol. The second-order valence-electron chi connectivity index (χ2n) is 2.61. The van der Waals surface area contributed by atoms with E-state index in [1.807, 2.05) is 0 Å². The van der Waals surface area contributed by atoms with Gasteiger partial charge in [0.15, 0.2) is 0 Å². The van der Waals surface area contributed by atoms with Gasteiger partial charge in [-0.1, -0.05) is 12.1 Å². The van der Waals surface area contributed by atoms with Crippen LogP contribution in [0.4, 0.5) is 0 Å². The second-order valence-corrected chi connectivity index (χ2v) is 2.61. The molecule has 72 valence electrons. The first kappa shape index (κ1) is 10.1. The fourth-order valence-corrected chi connectivity index (χ4v) is 1.04. The maximum absolute atomic E-state index is 11.0. The summed E-state index contributed by atoms with van der Waals surface area (Å²) >= 11 is 0. The van der Waals surface area contributed by atoms with Crippen LogP contribution in [0.3, 0.4) is 0 Å². The van der Waals surface area contributed by atoms with Gasteiger partial charge in [-0.05, 0) is 28.3 Å². The zero-order chi connectivity index (χ0) is 10.4. The minimum absolute atomic E-state index is 0.0985. The molecule has 0 heterocycles. The minimum atomic E-state index is -0.499. The fraction of sp³-hybridized carbons (Fsp3) is 0.222. The first-order valence-corrected chi connectivity index (χ1v) is 3.97. The first-order valence-electron chi connectivity index (χ1n) is 3.97. The summed E-state index contributed by atoms with van der Waals surface area (Å²) < 4.78 is 4.98. The number of amides is 1. The molecule has 0 aliphatic heterocycles. The predicted molar refractivity (Wildman–Crippen MR) is 50.9 cm³/mol. The van der Waals surface area contributed by atoms with E-state index in [1.54, 1.807) is 31.4 Å². The van der Waals surface area contributed by atoms with Crippen LogP contribution >= 0.6 is 0 Å². The molecular weight excluding hydrogens is 182 g/mol. The molecule has 0 unspecified atom stereocenters. The van der Waals surface area contributed by atoms with Gasteiger partial charge >= 0.3 is 0 Å². The van der Waals surface area contributed by atoms with Crippen molar-refractivity contribution in [3.05, 3.63) is 40.3 Å². The molecule has 1 rings (SSSR count). The molecule has 0 spiro atoms. The zero-order valence-corrected chi connectivity index (χ0v) is 7.67. The van der Waals surface area contributed by atoms with Crippen LogP contribution < -0.4 is 4.74 Å². The van der Waals surface area contributed by atoms with Crippen LogP contribution in [0, 0.1) is 0 Å². The lowest BCUT2D eigenvalue weighted by Crippen LogP contribution is -1.97. The molecule has 14 heavy (non-hydrogen) atoms. The number of hydrogen-bond acceptors (Lipinski definition) is 2. The van der Waals surface area contributed by atoms with Crippen LogP contribution in [0.5, 0.6) is 5.75 Å². The largest absolute Gasteiger partial charge is 0.497 e. The van der Waals surface area contributed by atoms with E-state index >= 15 is 0 Å². The van der Waals surface area contributed by atoms with E-state index in [2.05, 4.69) is 10.0 Å². The smallest absolute Gasteiger partial charge is 0.223 e. The summed E-state index contributed by atoms with van der Waals surface area (Å²) in [5.41, 5.74) is 8.79. The van der Waals surface area contributed by atoms with E-state index in [0.29, 0.717) is 5.75 Å². The van der Waals surface area contributed by atoms with E-state index in [1.165, 1.54) is 0 Å². The Morgan fingerprint density at radius 3 is 3.07 bits per heavy atom. The number of carbonyl (C=O) groups is 1. The number of benzene rings is 1. The van der Waals surface area contributed by atoms with E-state index in [9.17, 15) is 4.79 Å². The lowest BCUT2D eigenvalue weighted by Gasteiger charge is -2.01. The van der Waals surface area contributed by atoms with Crippen LogP contribution in [-0.2, 0) is 11.2 Å². The number of methoxy groups -OCH3 is 1. The molecule has 0 N–H and O–H groups in total. The highest BCUT2D eigenvalue weighted by atomic mass is 16.5. The van der Waals surface area contributed by atoms with E-state index in [0.717, 1.165) is 5.56 Å². The Hall–Kier alpha value is -2.00. The van der Waals surface area contributed by atoms with Crippen molar-refractivity contribution in [3.8, 4) is 5.75 Å². The van der Waals surface area contributed by atoms with Crippen molar-refractivity contribution in [3.63, 3.8) is 0 Å². The van der Waals surface area contributed by atoms with Crippen LogP contribution in [0.1, 0.15) is 5.56 Å². The summed E-state index contributed by atoms with van der Waals surface area (Å²) in [4.78, 5) is 13.4. The standard InChI is InChI=1S/C9H9N3O2/c1-14-8-4-2-3-7(5-8)6-9(13)11-12-10/h2-5H,6H2,1H3. The number of hydrogen-bond donors (Lipinski definition) is 0. The van der Waals surface area contributed by atoms with Crippen molar-refractivity contribution >= 4 is 5.91 Å². The van der Waals surface area contributed by atoms with Gasteiger partial charge in [-0.3, -0.25) is 4.79 Å². The van der Waals surface area contributed by atoms with Crippen molar-refractivity contribution < 1.29 is 9.53 Å². The second kappa shape index (κ2) is 4.89. The molecule has 1 aromatic carbocycles. The van der Waals surface area contributed by atoms with Gasteiger partial charge in [-0.2, -0.15) is 0 Å². The predicted octanol–water partition coefficient (Wildman–Crippen LogP) is 2.07. The molecule has 5 heteroatoms. The number of ether oxygens (including phenoxy) is 1.